The van der Waals surface area contributed by atoms with Gasteiger partial charge in [0.15, 0.2) is 6.61 Å². The highest BCUT2D eigenvalue weighted by molar-refractivity contribution is 7.89. The summed E-state index contributed by atoms with van der Waals surface area (Å²) in [7, 11) is -3.57. The van der Waals surface area contributed by atoms with E-state index >= 15 is 0 Å². The predicted molar refractivity (Wildman–Crippen MR) is 100 cm³/mol. The van der Waals surface area contributed by atoms with Crippen LogP contribution in [0.25, 0.3) is 6.08 Å². The number of carbonyl (C=O) groups excluding carboxylic acids is 2. The van der Waals surface area contributed by atoms with E-state index in [0.717, 1.165) is 0 Å². The van der Waals surface area contributed by atoms with Gasteiger partial charge in [0, 0.05) is 32.3 Å². The van der Waals surface area contributed by atoms with E-state index in [4.69, 9.17) is 9.15 Å². The fraction of sp³-hybridized carbons (Fsp3) is 0.263. The molecule has 148 valence electrons. The number of esters is 1. The van der Waals surface area contributed by atoms with E-state index in [9.17, 15) is 18.0 Å². The van der Waals surface area contributed by atoms with E-state index in [2.05, 4.69) is 0 Å². The fourth-order valence-corrected chi connectivity index (χ4v) is 4.17. The summed E-state index contributed by atoms with van der Waals surface area (Å²) >= 11 is 0. The molecule has 0 atom stereocenters. The number of ether oxygens (including phenoxy) is 1. The largest absolute Gasteiger partial charge is 0.465 e. The van der Waals surface area contributed by atoms with Crippen molar-refractivity contribution in [3.05, 3.63) is 60.6 Å². The molecule has 1 fully saturated rings. The smallest absolute Gasteiger partial charge is 0.331 e. The van der Waals surface area contributed by atoms with Crippen LogP contribution >= 0.6 is 0 Å². The summed E-state index contributed by atoms with van der Waals surface area (Å²) in [6.07, 6.45) is 4.10. The Bertz CT molecular complexity index is 930. The third-order valence-electron chi connectivity index (χ3n) is 4.24. The SMILES string of the molecule is O=C(/C=C/c1ccco1)OCC(=O)N1CCN(S(=O)(=O)c2ccccc2)CC1. The van der Waals surface area contributed by atoms with Crippen molar-refractivity contribution in [2.24, 2.45) is 0 Å². The highest BCUT2D eigenvalue weighted by Gasteiger charge is 2.30. The molecule has 1 aliphatic heterocycles. The molecular formula is C19H20N2O6S. The number of benzene rings is 1. The second kappa shape index (κ2) is 8.85. The zero-order chi connectivity index (χ0) is 20.0. The molecule has 9 heteroatoms. The Hall–Kier alpha value is -2.91. The van der Waals surface area contributed by atoms with Gasteiger partial charge < -0.3 is 14.1 Å². The van der Waals surface area contributed by atoms with E-state index < -0.39 is 22.6 Å². The van der Waals surface area contributed by atoms with Gasteiger partial charge in [0.1, 0.15) is 5.76 Å². The fourth-order valence-electron chi connectivity index (χ4n) is 2.73. The molecule has 8 nitrogen and oxygen atoms in total. The van der Waals surface area contributed by atoms with Crippen molar-refractivity contribution in [3.63, 3.8) is 0 Å². The Kier molecular flexibility index (Phi) is 6.27. The molecule has 28 heavy (non-hydrogen) atoms. The van der Waals surface area contributed by atoms with Crippen LogP contribution in [0.3, 0.4) is 0 Å². The van der Waals surface area contributed by atoms with Crippen LogP contribution in [0.15, 0.2) is 64.1 Å². The zero-order valence-electron chi connectivity index (χ0n) is 15.1. The van der Waals surface area contributed by atoms with Crippen molar-refractivity contribution in [3.8, 4) is 0 Å². The molecule has 0 N–H and O–H groups in total. The summed E-state index contributed by atoms with van der Waals surface area (Å²) in [6, 6.07) is 11.5. The number of hydrogen-bond donors (Lipinski definition) is 0. The average molecular weight is 404 g/mol. The summed E-state index contributed by atoms with van der Waals surface area (Å²) in [5.41, 5.74) is 0. The van der Waals surface area contributed by atoms with Crippen LogP contribution in [0.4, 0.5) is 0 Å². The molecule has 1 aromatic carbocycles. The van der Waals surface area contributed by atoms with Crippen molar-refractivity contribution in [2.75, 3.05) is 32.8 Å². The Morgan fingerprint density at radius 1 is 1.04 bits per heavy atom. The van der Waals surface area contributed by atoms with E-state index in [1.807, 2.05) is 0 Å². The molecule has 0 saturated carbocycles. The number of nitrogens with zero attached hydrogens (tertiary/aromatic N) is 2. The topological polar surface area (TPSA) is 97.1 Å². The number of amides is 1. The summed E-state index contributed by atoms with van der Waals surface area (Å²) in [5, 5.41) is 0. The number of hydrogen-bond acceptors (Lipinski definition) is 6. The van der Waals surface area contributed by atoms with Crippen LogP contribution in [0, 0.1) is 0 Å². The summed E-state index contributed by atoms with van der Waals surface area (Å²) in [6.45, 7) is 0.465. The first kappa shape index (κ1) is 19.8. The van der Waals surface area contributed by atoms with Gasteiger partial charge in [-0.15, -0.1) is 0 Å². The quantitative estimate of drug-likeness (QED) is 0.533. The predicted octanol–water partition coefficient (Wildman–Crippen LogP) is 1.37. The van der Waals surface area contributed by atoms with Crippen LogP contribution in [-0.4, -0.2) is 62.3 Å². The van der Waals surface area contributed by atoms with Gasteiger partial charge in [0.2, 0.25) is 10.0 Å². The number of furan rings is 1. The lowest BCUT2D eigenvalue weighted by Crippen LogP contribution is -2.51. The molecule has 1 saturated heterocycles. The lowest BCUT2D eigenvalue weighted by molar-refractivity contribution is -0.148. The van der Waals surface area contributed by atoms with Crippen LogP contribution < -0.4 is 0 Å². The van der Waals surface area contributed by atoms with Crippen LogP contribution in [-0.2, 0) is 24.3 Å². The first-order chi connectivity index (χ1) is 13.5. The van der Waals surface area contributed by atoms with Crippen LogP contribution in [0.2, 0.25) is 0 Å². The Morgan fingerprint density at radius 3 is 2.39 bits per heavy atom. The minimum Gasteiger partial charge on any atom is -0.465 e. The minimum absolute atomic E-state index is 0.190. The first-order valence-corrected chi connectivity index (χ1v) is 10.1. The summed E-state index contributed by atoms with van der Waals surface area (Å²) in [5.74, 6) is -0.523. The molecule has 0 spiro atoms. The molecule has 1 aromatic heterocycles. The van der Waals surface area contributed by atoms with Crippen molar-refractivity contribution in [1.82, 2.24) is 9.21 Å². The van der Waals surface area contributed by atoms with E-state index in [0.29, 0.717) is 5.76 Å². The lowest BCUT2D eigenvalue weighted by Gasteiger charge is -2.33. The highest BCUT2D eigenvalue weighted by Crippen LogP contribution is 2.17. The van der Waals surface area contributed by atoms with Crippen LogP contribution in [0.1, 0.15) is 5.76 Å². The maximum atomic E-state index is 12.6. The molecule has 0 radical (unpaired) electrons. The summed E-state index contributed by atoms with van der Waals surface area (Å²) < 4.78 is 36.5. The second-order valence-electron chi connectivity index (χ2n) is 6.05. The maximum Gasteiger partial charge on any atom is 0.331 e. The van der Waals surface area contributed by atoms with Gasteiger partial charge in [-0.1, -0.05) is 18.2 Å². The third kappa shape index (κ3) is 4.87. The van der Waals surface area contributed by atoms with Gasteiger partial charge in [0.25, 0.3) is 5.91 Å². The number of rotatable bonds is 6. The van der Waals surface area contributed by atoms with Gasteiger partial charge in [0.05, 0.1) is 11.2 Å². The monoisotopic (exact) mass is 404 g/mol. The van der Waals surface area contributed by atoms with Gasteiger partial charge >= 0.3 is 5.97 Å². The van der Waals surface area contributed by atoms with Crippen molar-refractivity contribution >= 4 is 28.0 Å². The van der Waals surface area contributed by atoms with Gasteiger partial charge in [-0.05, 0) is 30.3 Å². The van der Waals surface area contributed by atoms with E-state index in [1.54, 1.807) is 42.5 Å². The average Bonchev–Trinajstić information content (AvgIpc) is 3.25. The normalized spacial score (nSPS) is 15.6. The Labute approximate surface area is 163 Å². The lowest BCUT2D eigenvalue weighted by atomic mass is 10.3. The number of piperazine rings is 1. The molecule has 0 unspecified atom stereocenters. The van der Waals surface area contributed by atoms with E-state index in [-0.39, 0.29) is 37.0 Å². The molecule has 1 aliphatic rings. The van der Waals surface area contributed by atoms with Crippen molar-refractivity contribution < 1.29 is 27.2 Å². The maximum absolute atomic E-state index is 12.6. The third-order valence-corrected chi connectivity index (χ3v) is 6.15. The molecular weight excluding hydrogens is 384 g/mol. The molecule has 0 bridgehead atoms. The minimum atomic E-state index is -3.57. The van der Waals surface area contributed by atoms with Gasteiger partial charge in [-0.3, -0.25) is 4.79 Å². The molecule has 1 amide bonds. The van der Waals surface area contributed by atoms with Crippen LogP contribution in [0.5, 0.6) is 0 Å². The molecule has 0 aliphatic carbocycles. The molecule has 3 rings (SSSR count). The van der Waals surface area contributed by atoms with Gasteiger partial charge in [-0.25, -0.2) is 13.2 Å². The standard InChI is InChI=1S/C19H20N2O6S/c22-18(15-27-19(23)9-8-16-5-4-14-26-16)20-10-12-21(13-11-20)28(24,25)17-6-2-1-3-7-17/h1-9,14H,10-13,15H2/b9-8+. The first-order valence-electron chi connectivity index (χ1n) is 8.68. The second-order valence-corrected chi connectivity index (χ2v) is 7.99. The summed E-state index contributed by atoms with van der Waals surface area (Å²) in [4.78, 5) is 25.6. The zero-order valence-corrected chi connectivity index (χ0v) is 15.9. The number of carbonyl (C=O) groups is 2. The highest BCUT2D eigenvalue weighted by atomic mass is 32.2. The Morgan fingerprint density at radius 2 is 1.75 bits per heavy atom. The van der Waals surface area contributed by atoms with Crippen molar-refractivity contribution in [1.29, 1.82) is 0 Å². The van der Waals surface area contributed by atoms with Gasteiger partial charge in [-0.2, -0.15) is 4.31 Å². The number of sulfonamides is 1. The molecule has 2 aromatic rings. The Balaban J connectivity index is 1.47. The van der Waals surface area contributed by atoms with Crippen molar-refractivity contribution in [2.45, 2.75) is 4.90 Å². The molecule has 2 heterocycles. The van der Waals surface area contributed by atoms with E-state index in [1.165, 1.54) is 27.6 Å².